The molecule has 24 heavy (non-hydrogen) atoms. The molecule has 0 aromatic heterocycles. The lowest BCUT2D eigenvalue weighted by Gasteiger charge is -2.25. The Kier molecular flexibility index (Phi) is 4.91. The minimum Gasteiger partial charge on any atom is -0.394 e. The Morgan fingerprint density at radius 2 is 1.67 bits per heavy atom. The molecular weight excluding hydrogens is 304 g/mol. The number of nitrogens with zero attached hydrogens (tertiary/aromatic N) is 2. The quantitative estimate of drug-likeness (QED) is 0.517. The molecule has 1 aliphatic rings. The zero-order chi connectivity index (χ0) is 16.9. The second kappa shape index (κ2) is 7.27. The first kappa shape index (κ1) is 16.2. The van der Waals surface area contributed by atoms with Crippen LogP contribution < -0.4 is 4.90 Å². The molecule has 0 saturated carbocycles. The Balaban J connectivity index is 1.68. The van der Waals surface area contributed by atoms with Gasteiger partial charge in [0.1, 0.15) is 0 Å². The van der Waals surface area contributed by atoms with Crippen molar-refractivity contribution in [3.05, 3.63) is 69.8 Å². The highest BCUT2D eigenvalue weighted by molar-refractivity contribution is 5.71. The summed E-state index contributed by atoms with van der Waals surface area (Å²) >= 11 is 0. The van der Waals surface area contributed by atoms with Crippen LogP contribution in [0.3, 0.4) is 0 Å². The number of rotatable bonds is 5. The van der Waals surface area contributed by atoms with Crippen LogP contribution in [0.25, 0.3) is 12.2 Å². The van der Waals surface area contributed by atoms with E-state index in [4.69, 9.17) is 0 Å². The van der Waals surface area contributed by atoms with Crippen LogP contribution in [0.15, 0.2) is 48.5 Å². The van der Waals surface area contributed by atoms with E-state index in [9.17, 15) is 15.2 Å². The van der Waals surface area contributed by atoms with Crippen LogP contribution in [0.5, 0.6) is 0 Å². The van der Waals surface area contributed by atoms with Gasteiger partial charge in [0.15, 0.2) is 0 Å². The summed E-state index contributed by atoms with van der Waals surface area (Å²) in [6.45, 7) is 1.19. The van der Waals surface area contributed by atoms with E-state index < -0.39 is 4.92 Å². The van der Waals surface area contributed by atoms with Crippen molar-refractivity contribution >= 4 is 23.5 Å². The summed E-state index contributed by atoms with van der Waals surface area (Å²) in [5.74, 6) is 0. The fourth-order valence-corrected chi connectivity index (χ4v) is 3.04. The van der Waals surface area contributed by atoms with Crippen LogP contribution in [0.1, 0.15) is 24.0 Å². The molecule has 5 nitrogen and oxygen atoms in total. The van der Waals surface area contributed by atoms with Crippen molar-refractivity contribution in [1.29, 1.82) is 0 Å². The number of anilines is 1. The largest absolute Gasteiger partial charge is 0.394 e. The molecular formula is C19H20N2O3. The highest BCUT2D eigenvalue weighted by Gasteiger charge is 2.23. The summed E-state index contributed by atoms with van der Waals surface area (Å²) in [5, 5.41) is 20.1. The molecule has 1 atom stereocenters. The average molecular weight is 324 g/mol. The van der Waals surface area contributed by atoms with Gasteiger partial charge in [0.2, 0.25) is 0 Å². The van der Waals surface area contributed by atoms with Gasteiger partial charge >= 0.3 is 0 Å². The maximum Gasteiger partial charge on any atom is 0.269 e. The lowest BCUT2D eigenvalue weighted by molar-refractivity contribution is -0.384. The first-order valence-electron chi connectivity index (χ1n) is 8.07. The van der Waals surface area contributed by atoms with Crippen molar-refractivity contribution in [1.82, 2.24) is 0 Å². The molecule has 2 aromatic rings. The minimum atomic E-state index is -0.399. The SMILES string of the molecule is O=[N+]([O-])c1ccc(/C=C/c2ccc(N3CCC[C@H]3CO)cc2)cc1. The molecule has 1 saturated heterocycles. The van der Waals surface area contributed by atoms with Gasteiger partial charge in [-0.05, 0) is 48.2 Å². The molecule has 1 aliphatic heterocycles. The fourth-order valence-electron chi connectivity index (χ4n) is 3.04. The molecule has 0 aliphatic carbocycles. The summed E-state index contributed by atoms with van der Waals surface area (Å²) in [6, 6.07) is 14.9. The van der Waals surface area contributed by atoms with Gasteiger partial charge in [0.05, 0.1) is 17.6 Å². The molecule has 3 rings (SSSR count). The van der Waals surface area contributed by atoms with Gasteiger partial charge < -0.3 is 10.0 Å². The van der Waals surface area contributed by atoms with Crippen LogP contribution >= 0.6 is 0 Å². The molecule has 1 N–H and O–H groups in total. The third-order valence-corrected chi connectivity index (χ3v) is 4.38. The van der Waals surface area contributed by atoms with Crippen molar-refractivity contribution in [2.75, 3.05) is 18.1 Å². The number of non-ortho nitro benzene ring substituents is 1. The number of nitro benzene ring substituents is 1. The molecule has 1 fully saturated rings. The van der Waals surface area contributed by atoms with Crippen LogP contribution in [-0.2, 0) is 0 Å². The van der Waals surface area contributed by atoms with Gasteiger partial charge in [-0.25, -0.2) is 0 Å². The number of aliphatic hydroxyl groups is 1. The summed E-state index contributed by atoms with van der Waals surface area (Å²) < 4.78 is 0. The molecule has 0 unspecified atom stereocenters. The standard InChI is InChI=1S/C19H20N2O3/c22-14-19-2-1-13-20(19)17-9-5-15(6-10-17)3-4-16-7-11-18(12-8-16)21(23)24/h3-12,19,22H,1-2,13-14H2/b4-3+/t19-/m0/s1. The maximum absolute atomic E-state index is 10.6. The maximum atomic E-state index is 10.6. The monoisotopic (exact) mass is 324 g/mol. The van der Waals surface area contributed by atoms with Crippen molar-refractivity contribution in [3.63, 3.8) is 0 Å². The number of benzene rings is 2. The van der Waals surface area contributed by atoms with Gasteiger partial charge in [-0.1, -0.05) is 24.3 Å². The second-order valence-corrected chi connectivity index (χ2v) is 5.95. The van der Waals surface area contributed by atoms with Crippen molar-refractivity contribution in [2.24, 2.45) is 0 Å². The van der Waals surface area contributed by atoms with E-state index in [0.29, 0.717) is 0 Å². The molecule has 1 heterocycles. The first-order valence-corrected chi connectivity index (χ1v) is 8.07. The van der Waals surface area contributed by atoms with E-state index in [1.807, 2.05) is 24.3 Å². The molecule has 124 valence electrons. The minimum absolute atomic E-state index is 0.0977. The van der Waals surface area contributed by atoms with Crippen molar-refractivity contribution in [2.45, 2.75) is 18.9 Å². The number of nitro groups is 1. The van der Waals surface area contributed by atoms with Gasteiger partial charge in [0.25, 0.3) is 5.69 Å². The average Bonchev–Trinajstić information content (AvgIpc) is 3.09. The number of hydrogen-bond donors (Lipinski definition) is 1. The van der Waals surface area contributed by atoms with E-state index >= 15 is 0 Å². The topological polar surface area (TPSA) is 66.6 Å². The van der Waals surface area contributed by atoms with Crippen LogP contribution in [0.4, 0.5) is 11.4 Å². The fraction of sp³-hybridized carbons (Fsp3) is 0.263. The summed E-state index contributed by atoms with van der Waals surface area (Å²) in [4.78, 5) is 12.5. The van der Waals surface area contributed by atoms with Crippen LogP contribution in [0, 0.1) is 10.1 Å². The van der Waals surface area contributed by atoms with Gasteiger partial charge in [0, 0.05) is 24.4 Å². The summed E-state index contributed by atoms with van der Waals surface area (Å²) in [6.07, 6.45) is 6.08. The molecule has 2 aromatic carbocycles. The Morgan fingerprint density at radius 1 is 1.08 bits per heavy atom. The predicted octanol–water partition coefficient (Wildman–Crippen LogP) is 3.73. The highest BCUT2D eigenvalue weighted by atomic mass is 16.6. The summed E-state index contributed by atoms with van der Waals surface area (Å²) in [7, 11) is 0. The van der Waals surface area contributed by atoms with Crippen molar-refractivity contribution < 1.29 is 10.0 Å². The van der Waals surface area contributed by atoms with Crippen LogP contribution in [-0.4, -0.2) is 29.2 Å². The lowest BCUT2D eigenvalue weighted by atomic mass is 10.1. The highest BCUT2D eigenvalue weighted by Crippen LogP contribution is 2.26. The lowest BCUT2D eigenvalue weighted by Crippen LogP contribution is -2.31. The summed E-state index contributed by atoms with van der Waals surface area (Å²) in [5.41, 5.74) is 3.22. The molecule has 0 bridgehead atoms. The normalized spacial score (nSPS) is 17.5. The van der Waals surface area contributed by atoms with E-state index in [0.717, 1.165) is 36.2 Å². The zero-order valence-electron chi connectivity index (χ0n) is 13.3. The molecule has 0 radical (unpaired) electrons. The van der Waals surface area contributed by atoms with Gasteiger partial charge in [-0.15, -0.1) is 0 Å². The number of hydrogen-bond acceptors (Lipinski definition) is 4. The zero-order valence-corrected chi connectivity index (χ0v) is 13.3. The second-order valence-electron chi connectivity index (χ2n) is 5.95. The van der Waals surface area contributed by atoms with Crippen molar-refractivity contribution in [3.8, 4) is 0 Å². The Morgan fingerprint density at radius 3 is 2.21 bits per heavy atom. The van der Waals surface area contributed by atoms with E-state index in [2.05, 4.69) is 17.0 Å². The number of aliphatic hydroxyl groups excluding tert-OH is 1. The van der Waals surface area contributed by atoms with E-state index in [-0.39, 0.29) is 18.3 Å². The van der Waals surface area contributed by atoms with E-state index in [1.54, 1.807) is 12.1 Å². The third kappa shape index (κ3) is 3.63. The molecule has 5 heteroatoms. The smallest absolute Gasteiger partial charge is 0.269 e. The molecule has 0 spiro atoms. The predicted molar refractivity (Wildman–Crippen MR) is 95.9 cm³/mol. The first-order chi connectivity index (χ1) is 11.7. The molecule has 0 amide bonds. The Labute approximate surface area is 141 Å². The Bertz CT molecular complexity index is 723. The third-order valence-electron chi connectivity index (χ3n) is 4.38. The van der Waals surface area contributed by atoms with E-state index in [1.165, 1.54) is 12.1 Å². The Hall–Kier alpha value is -2.66. The van der Waals surface area contributed by atoms with Gasteiger partial charge in [-0.2, -0.15) is 0 Å². The van der Waals surface area contributed by atoms with Gasteiger partial charge in [-0.3, -0.25) is 10.1 Å². The van der Waals surface area contributed by atoms with Crippen LogP contribution in [0.2, 0.25) is 0 Å².